The summed E-state index contributed by atoms with van der Waals surface area (Å²) in [5, 5.41) is 8.55. The number of nitrogens with zero attached hydrogens (tertiary/aromatic N) is 2. The highest BCUT2D eigenvalue weighted by atomic mass is 32.2. The van der Waals surface area contributed by atoms with Crippen molar-refractivity contribution in [3.8, 4) is 0 Å². The molecule has 1 atom stereocenters. The number of benzene rings is 2. The van der Waals surface area contributed by atoms with Crippen LogP contribution in [0.15, 0.2) is 58.6 Å². The molecule has 4 rings (SSSR count). The molecule has 1 fully saturated rings. The van der Waals surface area contributed by atoms with Gasteiger partial charge in [0.05, 0.1) is 15.9 Å². The molecule has 0 radical (unpaired) electrons. The van der Waals surface area contributed by atoms with Gasteiger partial charge < -0.3 is 9.88 Å². The number of rotatable bonds is 7. The van der Waals surface area contributed by atoms with E-state index in [9.17, 15) is 13.2 Å². The topological polar surface area (TPSA) is 107 Å². The van der Waals surface area contributed by atoms with Crippen LogP contribution in [0.3, 0.4) is 0 Å². The predicted octanol–water partition coefficient (Wildman–Crippen LogP) is 2.82. The molecule has 1 saturated carbocycles. The van der Waals surface area contributed by atoms with Crippen LogP contribution >= 0.6 is 11.8 Å². The van der Waals surface area contributed by atoms with E-state index in [1.165, 1.54) is 23.9 Å². The number of hydrogen-bond acceptors (Lipinski definition) is 5. The number of nitrogens with two attached hydrogens (primary N) is 1. The zero-order chi connectivity index (χ0) is 20.6. The van der Waals surface area contributed by atoms with E-state index in [1.807, 2.05) is 41.8 Å². The lowest BCUT2D eigenvalue weighted by atomic mass is 10.1. The van der Waals surface area contributed by atoms with E-state index >= 15 is 0 Å². The van der Waals surface area contributed by atoms with E-state index in [4.69, 9.17) is 5.14 Å². The number of primary sulfonamides is 1. The van der Waals surface area contributed by atoms with Crippen LogP contribution < -0.4 is 10.5 Å². The van der Waals surface area contributed by atoms with Gasteiger partial charge in [-0.25, -0.2) is 18.5 Å². The van der Waals surface area contributed by atoms with Gasteiger partial charge in [-0.1, -0.05) is 42.1 Å². The normalized spacial score (nSPS) is 15.4. The summed E-state index contributed by atoms with van der Waals surface area (Å²) in [5.41, 5.74) is 2.24. The van der Waals surface area contributed by atoms with E-state index in [2.05, 4.69) is 10.3 Å². The second-order valence-corrected chi connectivity index (χ2v) is 9.66. The highest BCUT2D eigenvalue weighted by Gasteiger charge is 2.30. The van der Waals surface area contributed by atoms with Crippen LogP contribution in [0.4, 0.5) is 0 Å². The minimum Gasteiger partial charge on any atom is -0.352 e. The van der Waals surface area contributed by atoms with Crippen molar-refractivity contribution in [1.82, 2.24) is 14.9 Å². The number of carbonyl (C=O) groups is 1. The predicted molar refractivity (Wildman–Crippen MR) is 113 cm³/mol. The molecule has 2 aromatic carbocycles. The molecule has 29 heavy (non-hydrogen) atoms. The molecule has 1 unspecified atom stereocenters. The molecule has 3 aromatic rings. The van der Waals surface area contributed by atoms with E-state index in [0.29, 0.717) is 17.2 Å². The minimum atomic E-state index is -3.81. The second kappa shape index (κ2) is 7.81. The Balaban J connectivity index is 1.73. The van der Waals surface area contributed by atoms with Crippen LogP contribution in [0, 0.1) is 0 Å². The molecular weight excluding hydrogens is 408 g/mol. The van der Waals surface area contributed by atoms with Crippen LogP contribution in [0.5, 0.6) is 0 Å². The Morgan fingerprint density at radius 3 is 2.62 bits per heavy atom. The molecule has 0 bridgehead atoms. The van der Waals surface area contributed by atoms with Gasteiger partial charge in [0.1, 0.15) is 5.25 Å². The fourth-order valence-electron chi connectivity index (χ4n) is 3.17. The lowest BCUT2D eigenvalue weighted by Crippen LogP contribution is -2.29. The van der Waals surface area contributed by atoms with Crippen LogP contribution in [-0.2, 0) is 21.4 Å². The number of hydrogen-bond donors (Lipinski definition) is 2. The maximum Gasteiger partial charge on any atom is 0.238 e. The van der Waals surface area contributed by atoms with Crippen LogP contribution in [0.25, 0.3) is 11.0 Å². The third kappa shape index (κ3) is 4.31. The van der Waals surface area contributed by atoms with Gasteiger partial charge in [0, 0.05) is 12.6 Å². The summed E-state index contributed by atoms with van der Waals surface area (Å²) in [4.78, 5) is 17.6. The molecule has 1 aromatic heterocycles. The van der Waals surface area contributed by atoms with Crippen molar-refractivity contribution in [2.24, 2.45) is 5.14 Å². The Labute approximate surface area is 173 Å². The number of amides is 1. The lowest BCUT2D eigenvalue weighted by Gasteiger charge is -2.17. The quantitative estimate of drug-likeness (QED) is 0.561. The number of aryl methyl sites for hydroxylation is 1. The molecule has 3 N–H and O–H groups in total. The average molecular weight is 431 g/mol. The number of fused-ring (bicyclic) bond motifs is 1. The zero-order valence-corrected chi connectivity index (χ0v) is 17.5. The summed E-state index contributed by atoms with van der Waals surface area (Å²) >= 11 is 1.37. The van der Waals surface area contributed by atoms with E-state index < -0.39 is 15.3 Å². The third-order valence-corrected chi connectivity index (χ3v) is 6.97. The van der Waals surface area contributed by atoms with E-state index in [1.54, 1.807) is 6.07 Å². The maximum atomic E-state index is 12.9. The van der Waals surface area contributed by atoms with Crippen molar-refractivity contribution in [2.75, 3.05) is 0 Å². The first kappa shape index (κ1) is 19.9. The van der Waals surface area contributed by atoms with Crippen molar-refractivity contribution < 1.29 is 13.2 Å². The molecule has 0 spiro atoms. The largest absolute Gasteiger partial charge is 0.352 e. The first-order valence-corrected chi connectivity index (χ1v) is 11.8. The molecule has 0 aliphatic heterocycles. The standard InChI is InChI=1S/C20H22N4O3S2/c1-2-24-17-11-10-15(29(21,26)27)12-16(17)23-20(24)28-18(13-6-4-3-5-7-13)19(25)22-14-8-9-14/h3-7,10-12,14,18H,2,8-9H2,1H3,(H,22,25)(H2,21,26,27). The molecule has 1 amide bonds. The zero-order valence-electron chi connectivity index (χ0n) is 15.9. The molecule has 152 valence electrons. The van der Waals surface area contributed by atoms with Gasteiger partial charge in [0.15, 0.2) is 5.16 Å². The van der Waals surface area contributed by atoms with Gasteiger partial charge in [-0.05, 0) is 43.5 Å². The Bertz CT molecular complexity index is 1160. The van der Waals surface area contributed by atoms with Crippen LogP contribution in [0.2, 0.25) is 0 Å². The van der Waals surface area contributed by atoms with Gasteiger partial charge in [-0.15, -0.1) is 0 Å². The van der Waals surface area contributed by atoms with Gasteiger partial charge in [-0.2, -0.15) is 0 Å². The first-order chi connectivity index (χ1) is 13.9. The average Bonchev–Trinajstić information content (AvgIpc) is 3.43. The molecule has 9 heteroatoms. The summed E-state index contributed by atoms with van der Waals surface area (Å²) in [6, 6.07) is 14.5. The Morgan fingerprint density at radius 1 is 1.28 bits per heavy atom. The number of nitrogens with one attached hydrogen (secondary N) is 1. The Morgan fingerprint density at radius 2 is 2.00 bits per heavy atom. The maximum absolute atomic E-state index is 12.9. The van der Waals surface area contributed by atoms with E-state index in [-0.39, 0.29) is 16.8 Å². The fraction of sp³-hybridized carbons (Fsp3) is 0.300. The second-order valence-electron chi connectivity index (χ2n) is 7.03. The monoisotopic (exact) mass is 430 g/mol. The molecule has 1 aliphatic rings. The summed E-state index contributed by atoms with van der Waals surface area (Å²) in [6.07, 6.45) is 2.03. The minimum absolute atomic E-state index is 0.0217. The van der Waals surface area contributed by atoms with Crippen LogP contribution in [-0.4, -0.2) is 29.9 Å². The number of sulfonamides is 1. The molecule has 1 heterocycles. The molecule has 0 saturated heterocycles. The van der Waals surface area contributed by atoms with E-state index in [0.717, 1.165) is 23.9 Å². The summed E-state index contributed by atoms with van der Waals surface area (Å²) < 4.78 is 25.3. The summed E-state index contributed by atoms with van der Waals surface area (Å²) in [5.74, 6) is -0.0383. The summed E-state index contributed by atoms with van der Waals surface area (Å²) in [6.45, 7) is 2.62. The highest BCUT2D eigenvalue weighted by molar-refractivity contribution is 8.00. The summed E-state index contributed by atoms with van der Waals surface area (Å²) in [7, 11) is -3.81. The molecule has 7 nitrogen and oxygen atoms in total. The van der Waals surface area contributed by atoms with Gasteiger partial charge in [0.25, 0.3) is 0 Å². The number of aromatic nitrogens is 2. The van der Waals surface area contributed by atoms with Gasteiger partial charge in [-0.3, -0.25) is 4.79 Å². The van der Waals surface area contributed by atoms with Gasteiger partial charge >= 0.3 is 0 Å². The van der Waals surface area contributed by atoms with Crippen molar-refractivity contribution in [1.29, 1.82) is 0 Å². The number of thioether (sulfide) groups is 1. The van der Waals surface area contributed by atoms with Gasteiger partial charge in [0.2, 0.25) is 15.9 Å². The fourth-order valence-corrected chi connectivity index (χ4v) is 4.89. The van der Waals surface area contributed by atoms with Crippen molar-refractivity contribution in [3.63, 3.8) is 0 Å². The number of imidazole rings is 1. The van der Waals surface area contributed by atoms with Crippen LogP contribution in [0.1, 0.15) is 30.6 Å². The Hall–Kier alpha value is -2.36. The molecule has 1 aliphatic carbocycles. The Kier molecular flexibility index (Phi) is 5.37. The highest BCUT2D eigenvalue weighted by Crippen LogP contribution is 2.37. The SMILES string of the molecule is CCn1c(SC(C(=O)NC2CC2)c2ccccc2)nc2cc(S(N)(=O)=O)ccc21. The smallest absolute Gasteiger partial charge is 0.238 e. The van der Waals surface area contributed by atoms with Crippen molar-refractivity contribution >= 4 is 38.7 Å². The van der Waals surface area contributed by atoms with Crippen molar-refractivity contribution in [3.05, 3.63) is 54.1 Å². The number of carbonyl (C=O) groups excluding carboxylic acids is 1. The molecular formula is C20H22N4O3S2. The third-order valence-electron chi connectivity index (χ3n) is 4.82. The van der Waals surface area contributed by atoms with Crippen molar-refractivity contribution in [2.45, 2.75) is 47.7 Å². The lowest BCUT2D eigenvalue weighted by molar-refractivity contribution is -0.120. The first-order valence-electron chi connectivity index (χ1n) is 9.42.